The fourth-order valence-electron chi connectivity index (χ4n) is 2.31. The molecular formula is C13H23N3O3S. The molecule has 1 fully saturated rings. The molecule has 0 radical (unpaired) electrons. The fourth-order valence-corrected chi connectivity index (χ4v) is 3.71. The van der Waals surface area contributed by atoms with Crippen LogP contribution >= 0.6 is 0 Å². The molecule has 7 heteroatoms. The van der Waals surface area contributed by atoms with Crippen molar-refractivity contribution in [3.05, 3.63) is 12.4 Å². The molecule has 0 aliphatic carbocycles. The highest BCUT2D eigenvalue weighted by molar-refractivity contribution is 7.89. The van der Waals surface area contributed by atoms with Gasteiger partial charge >= 0.3 is 0 Å². The summed E-state index contributed by atoms with van der Waals surface area (Å²) < 4.78 is 28.1. The van der Waals surface area contributed by atoms with Crippen LogP contribution in [0.1, 0.15) is 33.1 Å². The van der Waals surface area contributed by atoms with Crippen molar-refractivity contribution in [2.45, 2.75) is 44.6 Å². The van der Waals surface area contributed by atoms with Crippen molar-refractivity contribution in [2.75, 3.05) is 19.7 Å². The lowest BCUT2D eigenvalue weighted by Gasteiger charge is -2.35. The van der Waals surface area contributed by atoms with E-state index in [1.54, 1.807) is 15.2 Å². The number of aliphatic hydroxyl groups excluding tert-OH is 1. The van der Waals surface area contributed by atoms with Crippen LogP contribution in [0.4, 0.5) is 0 Å². The van der Waals surface area contributed by atoms with Crippen molar-refractivity contribution in [3.8, 4) is 0 Å². The smallest absolute Gasteiger partial charge is 0.246 e. The average Bonchev–Trinajstić information content (AvgIpc) is 2.85. The van der Waals surface area contributed by atoms with Crippen LogP contribution in [0.15, 0.2) is 17.3 Å². The standard InChI is InChI=1S/C13H23N3O3S/c1-13(2)4-7-16(8-5-13)20(18,19)12-10-14-15(11-12)6-3-9-17/h10-11,17H,3-9H2,1-2H3. The maximum absolute atomic E-state index is 12.5. The monoisotopic (exact) mass is 301 g/mol. The largest absolute Gasteiger partial charge is 0.396 e. The molecule has 0 bridgehead atoms. The van der Waals surface area contributed by atoms with Crippen LogP contribution in [0.5, 0.6) is 0 Å². The molecule has 1 N–H and O–H groups in total. The Balaban J connectivity index is 2.08. The summed E-state index contributed by atoms with van der Waals surface area (Å²) in [6.45, 7) is 6.07. The number of aryl methyl sites for hydroxylation is 1. The molecule has 114 valence electrons. The first kappa shape index (κ1) is 15.5. The summed E-state index contributed by atoms with van der Waals surface area (Å²) in [4.78, 5) is 0.246. The van der Waals surface area contributed by atoms with Crippen molar-refractivity contribution in [1.29, 1.82) is 0 Å². The summed E-state index contributed by atoms with van der Waals surface area (Å²) in [6.07, 6.45) is 5.27. The van der Waals surface area contributed by atoms with Gasteiger partial charge in [0.25, 0.3) is 0 Å². The Morgan fingerprint density at radius 1 is 1.35 bits per heavy atom. The van der Waals surface area contributed by atoms with E-state index in [9.17, 15) is 8.42 Å². The maximum Gasteiger partial charge on any atom is 0.246 e. The van der Waals surface area contributed by atoms with Crippen LogP contribution in [-0.4, -0.2) is 47.3 Å². The van der Waals surface area contributed by atoms with E-state index in [0.29, 0.717) is 26.1 Å². The van der Waals surface area contributed by atoms with E-state index in [-0.39, 0.29) is 16.9 Å². The zero-order valence-electron chi connectivity index (χ0n) is 12.1. The SMILES string of the molecule is CC1(C)CCN(S(=O)(=O)c2cnn(CCCO)c2)CC1. The van der Waals surface area contributed by atoms with Gasteiger partial charge in [-0.25, -0.2) is 8.42 Å². The van der Waals surface area contributed by atoms with Crippen LogP contribution in [0.25, 0.3) is 0 Å². The van der Waals surface area contributed by atoms with Gasteiger partial charge in [0.05, 0.1) is 6.20 Å². The first-order chi connectivity index (χ1) is 9.35. The third-order valence-electron chi connectivity index (χ3n) is 3.87. The van der Waals surface area contributed by atoms with Crippen molar-refractivity contribution < 1.29 is 13.5 Å². The number of hydrogen-bond acceptors (Lipinski definition) is 4. The number of nitrogens with zero attached hydrogens (tertiary/aromatic N) is 3. The van der Waals surface area contributed by atoms with Gasteiger partial charge in [-0.05, 0) is 24.7 Å². The number of rotatable bonds is 5. The van der Waals surface area contributed by atoms with E-state index in [1.807, 2.05) is 0 Å². The number of aromatic nitrogens is 2. The summed E-state index contributed by atoms with van der Waals surface area (Å²) in [5.74, 6) is 0. The molecule has 1 saturated heterocycles. The Kier molecular flexibility index (Phi) is 4.51. The van der Waals surface area contributed by atoms with E-state index >= 15 is 0 Å². The van der Waals surface area contributed by atoms with E-state index < -0.39 is 10.0 Å². The normalized spacial score (nSPS) is 20.1. The molecule has 0 atom stereocenters. The second-order valence-corrected chi connectivity index (χ2v) is 8.02. The highest BCUT2D eigenvalue weighted by Gasteiger charge is 2.33. The van der Waals surface area contributed by atoms with Gasteiger partial charge in [0.1, 0.15) is 4.90 Å². The maximum atomic E-state index is 12.5. The minimum atomic E-state index is -3.43. The molecule has 1 aliphatic heterocycles. The van der Waals surface area contributed by atoms with Crippen LogP contribution in [-0.2, 0) is 16.6 Å². The zero-order chi connectivity index (χ0) is 14.8. The molecule has 6 nitrogen and oxygen atoms in total. The number of aliphatic hydroxyl groups is 1. The summed E-state index contributed by atoms with van der Waals surface area (Å²) in [7, 11) is -3.43. The van der Waals surface area contributed by atoms with Crippen LogP contribution < -0.4 is 0 Å². The van der Waals surface area contributed by atoms with Gasteiger partial charge in [-0.2, -0.15) is 9.40 Å². The zero-order valence-corrected chi connectivity index (χ0v) is 12.9. The molecule has 0 aromatic carbocycles. The minimum absolute atomic E-state index is 0.0726. The number of piperidine rings is 1. The van der Waals surface area contributed by atoms with Crippen molar-refractivity contribution in [3.63, 3.8) is 0 Å². The lowest BCUT2D eigenvalue weighted by atomic mass is 9.83. The van der Waals surface area contributed by atoms with Crippen molar-refractivity contribution >= 4 is 10.0 Å². The summed E-state index contributed by atoms with van der Waals surface area (Å²) in [5, 5.41) is 12.8. The second kappa shape index (κ2) is 5.83. The van der Waals surface area contributed by atoms with Gasteiger partial charge in [0, 0.05) is 32.4 Å². The molecule has 1 aromatic heterocycles. The third-order valence-corrected chi connectivity index (χ3v) is 5.72. The molecule has 0 unspecified atom stereocenters. The van der Waals surface area contributed by atoms with E-state index in [0.717, 1.165) is 12.8 Å². The average molecular weight is 301 g/mol. The van der Waals surface area contributed by atoms with Crippen molar-refractivity contribution in [2.24, 2.45) is 5.41 Å². The molecule has 0 amide bonds. The molecule has 1 aliphatic rings. The summed E-state index contributed by atoms with van der Waals surface area (Å²) in [5.41, 5.74) is 0.220. The highest BCUT2D eigenvalue weighted by Crippen LogP contribution is 2.32. The molecule has 2 heterocycles. The number of hydrogen-bond donors (Lipinski definition) is 1. The van der Waals surface area contributed by atoms with E-state index in [1.165, 1.54) is 6.20 Å². The van der Waals surface area contributed by atoms with Crippen LogP contribution in [0.3, 0.4) is 0 Å². The second-order valence-electron chi connectivity index (χ2n) is 6.08. The number of sulfonamides is 1. The molecule has 0 saturated carbocycles. The van der Waals surface area contributed by atoms with Gasteiger partial charge in [0.2, 0.25) is 10.0 Å². The van der Waals surface area contributed by atoms with Gasteiger partial charge in [-0.1, -0.05) is 13.8 Å². The first-order valence-corrected chi connectivity index (χ1v) is 8.43. The fraction of sp³-hybridized carbons (Fsp3) is 0.769. The lowest BCUT2D eigenvalue weighted by molar-refractivity contribution is 0.196. The lowest BCUT2D eigenvalue weighted by Crippen LogP contribution is -2.40. The van der Waals surface area contributed by atoms with Crippen molar-refractivity contribution in [1.82, 2.24) is 14.1 Å². The van der Waals surface area contributed by atoms with Gasteiger partial charge < -0.3 is 5.11 Å². The van der Waals surface area contributed by atoms with Gasteiger partial charge in [0.15, 0.2) is 0 Å². The van der Waals surface area contributed by atoms with E-state index in [2.05, 4.69) is 18.9 Å². The Hall–Kier alpha value is -0.920. The first-order valence-electron chi connectivity index (χ1n) is 6.99. The summed E-state index contributed by atoms with van der Waals surface area (Å²) in [6, 6.07) is 0. The van der Waals surface area contributed by atoms with Crippen LogP contribution in [0.2, 0.25) is 0 Å². The molecule has 1 aromatic rings. The molecule has 0 spiro atoms. The minimum Gasteiger partial charge on any atom is -0.396 e. The predicted molar refractivity (Wildman–Crippen MR) is 75.7 cm³/mol. The van der Waals surface area contributed by atoms with E-state index in [4.69, 9.17) is 5.11 Å². The highest BCUT2D eigenvalue weighted by atomic mass is 32.2. The topological polar surface area (TPSA) is 75.4 Å². The quantitative estimate of drug-likeness (QED) is 0.883. The molecular weight excluding hydrogens is 278 g/mol. The Bertz CT molecular complexity index is 541. The summed E-state index contributed by atoms with van der Waals surface area (Å²) >= 11 is 0. The molecule has 2 rings (SSSR count). The Morgan fingerprint density at radius 2 is 2.00 bits per heavy atom. The van der Waals surface area contributed by atoms with Crippen LogP contribution in [0, 0.1) is 5.41 Å². The predicted octanol–water partition coefficient (Wildman–Crippen LogP) is 1.08. The Morgan fingerprint density at radius 3 is 2.60 bits per heavy atom. The van der Waals surface area contributed by atoms with Gasteiger partial charge in [-0.15, -0.1) is 0 Å². The third kappa shape index (κ3) is 3.39. The Labute approximate surface area is 120 Å². The molecule has 20 heavy (non-hydrogen) atoms. The van der Waals surface area contributed by atoms with Gasteiger partial charge in [-0.3, -0.25) is 4.68 Å².